The van der Waals surface area contributed by atoms with Crippen LogP contribution < -0.4 is 28.3 Å². The number of aromatic nitrogens is 4. The predicted molar refractivity (Wildman–Crippen MR) is 225 cm³/mol. The first-order valence-corrected chi connectivity index (χ1v) is 20.4. The molecular formula is C46H55LiN4O10. The summed E-state index contributed by atoms with van der Waals surface area (Å²) in [6, 6.07) is 23.2. The number of fused-ring (bicyclic) bond motifs is 2. The SMILES string of the molecule is CC(C)CC(C(=O)O)c1ccc(OCC2CC2)c(-c2ccc3nonc3c2)c1.CCOC(=O)C(CC(C)C)c1ccc(OCC2CC2)c(-c2ccc3nonc3c2)c1.O.[Li+].[OH-]. The molecule has 6 aromatic rings. The summed E-state index contributed by atoms with van der Waals surface area (Å²) >= 11 is 0. The van der Waals surface area contributed by atoms with Crippen molar-refractivity contribution in [1.82, 2.24) is 20.6 Å². The second-order valence-corrected chi connectivity index (χ2v) is 16.4. The number of hydrogen-bond donors (Lipinski definition) is 1. The van der Waals surface area contributed by atoms with Gasteiger partial charge in [0.15, 0.2) is 0 Å². The molecule has 0 bridgehead atoms. The number of carboxylic acids is 1. The molecular weight excluding hydrogens is 775 g/mol. The molecule has 0 aliphatic heterocycles. The Labute approximate surface area is 367 Å². The van der Waals surface area contributed by atoms with E-state index in [1.54, 1.807) is 0 Å². The number of ether oxygens (including phenoxy) is 3. The van der Waals surface area contributed by atoms with E-state index in [1.807, 2.05) is 87.5 Å². The molecule has 2 fully saturated rings. The molecule has 4 aromatic carbocycles. The number of esters is 1. The number of aliphatic carboxylic acids is 1. The van der Waals surface area contributed by atoms with Crippen LogP contribution in [0.5, 0.6) is 11.5 Å². The Bertz CT molecular complexity index is 2350. The van der Waals surface area contributed by atoms with Gasteiger partial charge >= 0.3 is 30.8 Å². The van der Waals surface area contributed by atoms with E-state index in [9.17, 15) is 14.7 Å². The number of rotatable bonds is 17. The van der Waals surface area contributed by atoms with Crippen molar-refractivity contribution in [3.05, 3.63) is 83.9 Å². The van der Waals surface area contributed by atoms with Gasteiger partial charge in [-0.2, -0.15) is 0 Å². The van der Waals surface area contributed by atoms with E-state index in [4.69, 9.17) is 23.5 Å². The van der Waals surface area contributed by atoms with Crippen molar-refractivity contribution in [2.24, 2.45) is 23.7 Å². The van der Waals surface area contributed by atoms with Gasteiger partial charge in [0.05, 0.1) is 31.7 Å². The van der Waals surface area contributed by atoms with Crippen molar-refractivity contribution < 1.29 is 68.0 Å². The molecule has 0 saturated heterocycles. The van der Waals surface area contributed by atoms with Gasteiger partial charge in [0, 0.05) is 11.1 Å². The van der Waals surface area contributed by atoms with Gasteiger partial charge in [0.2, 0.25) is 0 Å². The fourth-order valence-electron chi connectivity index (χ4n) is 7.05. The van der Waals surface area contributed by atoms with Gasteiger partial charge in [-0.05, 0) is 161 Å². The van der Waals surface area contributed by atoms with Crippen molar-refractivity contribution >= 4 is 34.0 Å². The van der Waals surface area contributed by atoms with Crippen molar-refractivity contribution in [3.63, 3.8) is 0 Å². The largest absolute Gasteiger partial charge is 1.00 e. The van der Waals surface area contributed by atoms with Gasteiger partial charge < -0.3 is 30.3 Å². The summed E-state index contributed by atoms with van der Waals surface area (Å²) in [5.41, 5.74) is 8.14. The molecule has 2 aliphatic rings. The van der Waals surface area contributed by atoms with Crippen LogP contribution in [-0.2, 0) is 14.3 Å². The molecule has 14 nitrogen and oxygen atoms in total. The van der Waals surface area contributed by atoms with E-state index in [0.29, 0.717) is 66.1 Å². The van der Waals surface area contributed by atoms with Crippen LogP contribution in [-0.4, -0.2) is 68.4 Å². The van der Waals surface area contributed by atoms with Crippen molar-refractivity contribution in [2.75, 3.05) is 19.8 Å². The predicted octanol–water partition coefficient (Wildman–Crippen LogP) is 6.27. The Morgan fingerprint density at radius 3 is 1.49 bits per heavy atom. The molecule has 2 aliphatic carbocycles. The molecule has 0 amide bonds. The monoisotopic (exact) mass is 830 g/mol. The standard InChI is InChI=1S/C24H28N2O4.C22H24N2O4.Li.2H2O/c1-4-28-24(27)20(11-15(2)3)17-8-10-23(29-14-16-5-6-16)19(12-17)18-7-9-21-22(13-18)26-30-25-21;1-13(2)9-18(22(25)26)15-6-8-21(27-12-14-3-4-14)17(10-15)16-5-7-19-20(11-16)24-28-23-19;;;/h7-10,12-13,15-16,20H,4-6,11,14H2,1-3H3;5-8,10-11,13-14,18H,3-4,9,12H2,1-2H3,(H,25,26);;2*1H2/q;;+1;;/p-1. The topological polar surface area (TPSA) is 221 Å². The summed E-state index contributed by atoms with van der Waals surface area (Å²) in [7, 11) is 0. The van der Waals surface area contributed by atoms with Crippen LogP contribution in [0.3, 0.4) is 0 Å². The fourth-order valence-corrected chi connectivity index (χ4v) is 7.05. The third-order valence-corrected chi connectivity index (χ3v) is 10.6. The minimum Gasteiger partial charge on any atom is -0.870 e. The Balaban J connectivity index is 0.000000257. The zero-order valence-electron chi connectivity index (χ0n) is 35.8. The first-order chi connectivity index (χ1) is 28.1. The van der Waals surface area contributed by atoms with Crippen LogP contribution in [0.15, 0.2) is 82.1 Å². The second kappa shape index (κ2) is 22.0. The minimum atomic E-state index is -0.803. The average molecular weight is 831 g/mol. The summed E-state index contributed by atoms with van der Waals surface area (Å²) in [5, 5.41) is 25.4. The first-order valence-electron chi connectivity index (χ1n) is 20.4. The molecule has 2 unspecified atom stereocenters. The summed E-state index contributed by atoms with van der Waals surface area (Å²) in [6.07, 6.45) is 6.18. The fraction of sp³-hybridized carbons (Fsp3) is 0.435. The zero-order valence-corrected chi connectivity index (χ0v) is 35.8. The molecule has 2 aromatic heterocycles. The summed E-state index contributed by atoms with van der Waals surface area (Å²) < 4.78 is 27.3. The van der Waals surface area contributed by atoms with Crippen molar-refractivity contribution in [2.45, 2.75) is 85.0 Å². The summed E-state index contributed by atoms with van der Waals surface area (Å²) in [4.78, 5) is 24.6. The van der Waals surface area contributed by atoms with E-state index in [-0.39, 0.29) is 47.6 Å². The van der Waals surface area contributed by atoms with E-state index in [1.165, 1.54) is 25.7 Å². The smallest absolute Gasteiger partial charge is 0.870 e. The Kier molecular flexibility index (Phi) is 17.5. The van der Waals surface area contributed by atoms with Crippen molar-refractivity contribution in [1.29, 1.82) is 0 Å². The Morgan fingerprint density at radius 1 is 0.656 bits per heavy atom. The van der Waals surface area contributed by atoms with Gasteiger partial charge in [-0.3, -0.25) is 9.59 Å². The quantitative estimate of drug-likeness (QED) is 0.0792. The number of carboxylic acid groups (broad SMARTS) is 1. The first kappa shape index (κ1) is 48.4. The van der Waals surface area contributed by atoms with E-state index in [2.05, 4.69) is 40.5 Å². The maximum Gasteiger partial charge on any atom is 1.00 e. The Morgan fingerprint density at radius 2 is 1.08 bits per heavy atom. The maximum atomic E-state index is 12.7. The van der Waals surface area contributed by atoms with Crippen molar-refractivity contribution in [3.8, 4) is 33.8 Å². The molecule has 8 rings (SSSR count). The molecule has 15 heteroatoms. The van der Waals surface area contributed by atoms with Gasteiger partial charge in [0.1, 0.15) is 33.6 Å². The van der Waals surface area contributed by atoms with Crippen LogP contribution in [0.25, 0.3) is 44.3 Å². The van der Waals surface area contributed by atoms with Crippen LogP contribution >= 0.6 is 0 Å². The number of hydrogen-bond acceptors (Lipinski definition) is 12. The van der Waals surface area contributed by atoms with E-state index in [0.717, 1.165) is 51.3 Å². The molecule has 2 heterocycles. The van der Waals surface area contributed by atoms with E-state index >= 15 is 0 Å². The van der Waals surface area contributed by atoms with Gasteiger partial charge in [0.25, 0.3) is 0 Å². The third-order valence-electron chi connectivity index (χ3n) is 10.6. The summed E-state index contributed by atoms with van der Waals surface area (Å²) in [6.45, 7) is 11.9. The molecule has 4 N–H and O–H groups in total. The molecule has 2 saturated carbocycles. The maximum absolute atomic E-state index is 12.7. The number of nitrogens with zero attached hydrogens (tertiary/aromatic N) is 4. The average Bonchev–Trinajstić information content (AvgIpc) is 4.13. The Hall–Kier alpha value is -5.26. The number of benzene rings is 4. The van der Waals surface area contributed by atoms with Gasteiger partial charge in [-0.15, -0.1) is 0 Å². The second-order valence-electron chi connectivity index (χ2n) is 16.4. The van der Waals surface area contributed by atoms with Crippen LogP contribution in [0, 0.1) is 23.7 Å². The van der Waals surface area contributed by atoms with E-state index < -0.39 is 11.9 Å². The minimum absolute atomic E-state index is 0. The zero-order chi connectivity index (χ0) is 40.8. The van der Waals surface area contributed by atoms with Gasteiger partial charge in [-0.25, -0.2) is 9.26 Å². The normalized spacial score (nSPS) is 14.2. The molecule has 0 spiro atoms. The van der Waals surface area contributed by atoms with Crippen LogP contribution in [0.2, 0.25) is 0 Å². The molecule has 0 radical (unpaired) electrons. The third kappa shape index (κ3) is 12.6. The molecule has 320 valence electrons. The number of carbonyl (C=O) groups is 2. The summed E-state index contributed by atoms with van der Waals surface area (Å²) in [5.74, 6) is 1.66. The molecule has 2 atom stereocenters. The van der Waals surface area contributed by atoms with Crippen LogP contribution in [0.4, 0.5) is 0 Å². The van der Waals surface area contributed by atoms with Gasteiger partial charge in [-0.1, -0.05) is 52.0 Å². The number of carbonyl (C=O) groups excluding carboxylic acids is 1. The van der Waals surface area contributed by atoms with Crippen LogP contribution in [0.1, 0.15) is 96.1 Å². The molecule has 61 heavy (non-hydrogen) atoms.